The first kappa shape index (κ1) is 27.9. The Morgan fingerprint density at radius 2 is 1.72 bits per heavy atom. The number of fused-ring (bicyclic) bond motifs is 1. The van der Waals surface area contributed by atoms with E-state index in [1.54, 1.807) is 30.7 Å². The largest absolute Gasteiger partial charge is 0.497 e. The third kappa shape index (κ3) is 5.38. The van der Waals surface area contributed by atoms with Crippen LogP contribution in [-0.2, 0) is 9.53 Å². The molecular weight excluding hydrogens is 560 g/mol. The van der Waals surface area contributed by atoms with Crippen molar-refractivity contribution in [1.82, 2.24) is 14.3 Å². The Bertz CT molecular complexity index is 2020. The third-order valence-corrected chi connectivity index (χ3v) is 8.09. The van der Waals surface area contributed by atoms with Crippen LogP contribution in [0.1, 0.15) is 24.1 Å². The first-order chi connectivity index (χ1) is 21.0. The summed E-state index contributed by atoms with van der Waals surface area (Å²) in [6, 6.07) is 26.2. The number of thiazole rings is 1. The molecular formula is C34H28N4O4S. The number of ether oxygens (including phenoxy) is 2. The number of hydrogen-bond acceptors (Lipinski definition) is 7. The van der Waals surface area contributed by atoms with Gasteiger partial charge in [0.2, 0.25) is 0 Å². The molecule has 0 bridgehead atoms. The summed E-state index contributed by atoms with van der Waals surface area (Å²) in [4.78, 5) is 32.6. The predicted octanol–water partition coefficient (Wildman–Crippen LogP) is 4.83. The van der Waals surface area contributed by atoms with E-state index in [-0.39, 0.29) is 12.2 Å². The molecule has 0 saturated heterocycles. The minimum atomic E-state index is -0.734. The van der Waals surface area contributed by atoms with Crippen molar-refractivity contribution in [1.29, 1.82) is 0 Å². The molecule has 6 rings (SSSR count). The van der Waals surface area contributed by atoms with Crippen LogP contribution in [0.5, 0.6) is 5.75 Å². The van der Waals surface area contributed by atoms with Gasteiger partial charge < -0.3 is 9.47 Å². The lowest BCUT2D eigenvalue weighted by molar-refractivity contribution is -0.138. The summed E-state index contributed by atoms with van der Waals surface area (Å²) in [5, 5.41) is 4.88. The lowest BCUT2D eigenvalue weighted by Crippen LogP contribution is -2.39. The molecule has 3 heterocycles. The van der Waals surface area contributed by atoms with Gasteiger partial charge >= 0.3 is 5.97 Å². The van der Waals surface area contributed by atoms with Crippen LogP contribution in [0.3, 0.4) is 0 Å². The molecule has 0 unspecified atom stereocenters. The van der Waals surface area contributed by atoms with Crippen LogP contribution < -0.4 is 19.6 Å². The average Bonchev–Trinajstić information content (AvgIpc) is 3.60. The van der Waals surface area contributed by atoms with Crippen molar-refractivity contribution in [2.45, 2.75) is 13.0 Å². The van der Waals surface area contributed by atoms with Crippen LogP contribution in [0.15, 0.2) is 125 Å². The highest BCUT2D eigenvalue weighted by atomic mass is 32.1. The second kappa shape index (κ2) is 11.9. The molecule has 8 nitrogen and oxygen atoms in total. The number of para-hydroxylation sites is 1. The quantitative estimate of drug-likeness (QED) is 0.192. The average molecular weight is 589 g/mol. The summed E-state index contributed by atoms with van der Waals surface area (Å²) in [5.74, 6) is 0.114. The number of methoxy groups -OCH3 is 1. The van der Waals surface area contributed by atoms with Crippen molar-refractivity contribution in [3.05, 3.63) is 146 Å². The smallest absolute Gasteiger partial charge is 0.338 e. The van der Waals surface area contributed by atoms with Crippen molar-refractivity contribution < 1.29 is 14.3 Å². The summed E-state index contributed by atoms with van der Waals surface area (Å²) < 4.78 is 14.6. The fraction of sp³-hybridized carbons (Fsp3) is 0.118. The number of esters is 1. The maximum atomic E-state index is 14.2. The molecule has 5 aromatic rings. The highest BCUT2D eigenvalue weighted by Gasteiger charge is 2.33. The second-order valence-electron chi connectivity index (χ2n) is 9.82. The van der Waals surface area contributed by atoms with E-state index < -0.39 is 12.0 Å². The van der Waals surface area contributed by atoms with E-state index in [9.17, 15) is 9.59 Å². The Kier molecular flexibility index (Phi) is 7.72. The third-order valence-electron chi connectivity index (χ3n) is 7.10. The number of carbonyl (C=O) groups excluding carboxylic acids is 1. The first-order valence-electron chi connectivity index (χ1n) is 13.6. The Balaban J connectivity index is 1.54. The fourth-order valence-corrected chi connectivity index (χ4v) is 6.10. The number of allylic oxidation sites excluding steroid dienone is 1. The Morgan fingerprint density at radius 3 is 2.40 bits per heavy atom. The molecule has 0 radical (unpaired) electrons. The van der Waals surface area contributed by atoms with Crippen molar-refractivity contribution in [3.8, 4) is 22.7 Å². The van der Waals surface area contributed by atoms with Gasteiger partial charge in [0.05, 0.1) is 40.3 Å². The van der Waals surface area contributed by atoms with E-state index in [1.165, 1.54) is 17.4 Å². The number of rotatable bonds is 8. The van der Waals surface area contributed by atoms with E-state index >= 15 is 0 Å². The van der Waals surface area contributed by atoms with Crippen molar-refractivity contribution >= 4 is 23.4 Å². The van der Waals surface area contributed by atoms with Gasteiger partial charge in [-0.25, -0.2) is 14.5 Å². The van der Waals surface area contributed by atoms with Gasteiger partial charge in [-0.1, -0.05) is 84.7 Å². The highest BCUT2D eigenvalue weighted by molar-refractivity contribution is 7.07. The molecule has 3 aromatic carbocycles. The van der Waals surface area contributed by atoms with Gasteiger partial charge in [-0.2, -0.15) is 5.10 Å². The van der Waals surface area contributed by atoms with E-state index in [0.717, 1.165) is 28.1 Å². The first-order valence-corrected chi connectivity index (χ1v) is 14.4. The minimum Gasteiger partial charge on any atom is -0.497 e. The number of aromatic nitrogens is 3. The standard InChI is InChI=1S/C34H28N4O4S/c1-4-19-42-33(40)29-22(2)35-34-38(31(29)24-15-17-27(41-3)18-16-24)32(39)28(43-34)20-25-21-37(26-13-9-6-10-14-26)36-30(25)23-11-7-5-8-12-23/h4-18,20-21,31H,1,19H2,2-3H3/b28-20+/t31-/m1/s1. The van der Waals surface area contributed by atoms with Crippen LogP contribution in [0.2, 0.25) is 0 Å². The topological polar surface area (TPSA) is 87.7 Å². The van der Waals surface area contributed by atoms with Gasteiger partial charge in [-0.05, 0) is 42.8 Å². The molecule has 0 fully saturated rings. The summed E-state index contributed by atoms with van der Waals surface area (Å²) in [6.07, 6.45) is 5.27. The molecule has 1 aliphatic heterocycles. The molecule has 1 aliphatic rings. The zero-order chi connectivity index (χ0) is 29.9. The maximum absolute atomic E-state index is 14.2. The Hall–Kier alpha value is -5.28. The summed E-state index contributed by atoms with van der Waals surface area (Å²) >= 11 is 1.27. The van der Waals surface area contributed by atoms with E-state index in [2.05, 4.69) is 6.58 Å². The normalized spacial score (nSPS) is 14.7. The summed E-state index contributed by atoms with van der Waals surface area (Å²) in [7, 11) is 1.59. The molecule has 1 atom stereocenters. The van der Waals surface area contributed by atoms with Crippen molar-refractivity contribution in [2.75, 3.05) is 13.7 Å². The zero-order valence-electron chi connectivity index (χ0n) is 23.6. The predicted molar refractivity (Wildman–Crippen MR) is 167 cm³/mol. The molecule has 9 heteroatoms. The number of benzene rings is 3. The summed E-state index contributed by atoms with van der Waals surface area (Å²) in [6.45, 7) is 5.45. The fourth-order valence-electron chi connectivity index (χ4n) is 5.06. The minimum absolute atomic E-state index is 0.0447. The zero-order valence-corrected chi connectivity index (χ0v) is 24.5. The van der Waals surface area contributed by atoms with Gasteiger partial charge in [0, 0.05) is 17.3 Å². The monoisotopic (exact) mass is 588 g/mol. The van der Waals surface area contributed by atoms with Gasteiger partial charge in [-0.3, -0.25) is 9.36 Å². The van der Waals surface area contributed by atoms with Gasteiger partial charge in [0.15, 0.2) is 4.80 Å². The maximum Gasteiger partial charge on any atom is 0.338 e. The SMILES string of the molecule is C=CCOC(=O)C1=C(C)N=c2s/c(=C/c3cn(-c4ccccc4)nc3-c3ccccc3)c(=O)n2[C@@H]1c1ccc(OC)cc1. The van der Waals surface area contributed by atoms with Crippen LogP contribution in [0.25, 0.3) is 23.0 Å². The molecule has 0 amide bonds. The molecule has 2 aromatic heterocycles. The van der Waals surface area contributed by atoms with Crippen LogP contribution in [0, 0.1) is 0 Å². The number of hydrogen-bond donors (Lipinski definition) is 0. The van der Waals surface area contributed by atoms with Crippen LogP contribution in [-0.4, -0.2) is 34.0 Å². The molecule has 0 N–H and O–H groups in total. The summed E-state index contributed by atoms with van der Waals surface area (Å²) in [5.41, 5.74) is 4.61. The molecule has 0 spiro atoms. The Labute approximate surface area is 251 Å². The van der Waals surface area contributed by atoms with E-state index in [0.29, 0.717) is 26.4 Å². The molecule has 214 valence electrons. The molecule has 43 heavy (non-hydrogen) atoms. The van der Waals surface area contributed by atoms with Crippen molar-refractivity contribution in [2.24, 2.45) is 4.99 Å². The molecule has 0 aliphatic carbocycles. The van der Waals surface area contributed by atoms with Gasteiger partial charge in [0.1, 0.15) is 12.4 Å². The van der Waals surface area contributed by atoms with Gasteiger partial charge in [-0.15, -0.1) is 0 Å². The number of nitrogens with zero attached hydrogens (tertiary/aromatic N) is 4. The second-order valence-corrected chi connectivity index (χ2v) is 10.8. The van der Waals surface area contributed by atoms with E-state index in [1.807, 2.05) is 89.8 Å². The van der Waals surface area contributed by atoms with Crippen LogP contribution in [0.4, 0.5) is 0 Å². The van der Waals surface area contributed by atoms with Crippen LogP contribution >= 0.6 is 11.3 Å². The number of carbonyl (C=O) groups is 1. The Morgan fingerprint density at radius 1 is 1.02 bits per heavy atom. The van der Waals surface area contributed by atoms with Crippen molar-refractivity contribution in [3.63, 3.8) is 0 Å². The van der Waals surface area contributed by atoms with E-state index in [4.69, 9.17) is 19.6 Å². The molecule has 0 saturated carbocycles. The highest BCUT2D eigenvalue weighted by Crippen LogP contribution is 2.32. The lowest BCUT2D eigenvalue weighted by atomic mass is 9.96. The van der Waals surface area contributed by atoms with Gasteiger partial charge in [0.25, 0.3) is 5.56 Å². The lowest BCUT2D eigenvalue weighted by Gasteiger charge is -2.24.